The standard InChI is InChI=1S/C20H18ClN3O3S/c21-17-9-8-14(28(26,27)24-11-1-2-12-24)13-16(17)20(25)23-19-7-3-6-18-15(19)5-4-10-22-18/h3-10,13H,1-2,11-12H2,(H,23,25). The Kier molecular flexibility index (Phi) is 5.05. The van der Waals surface area contributed by atoms with Crippen molar-refractivity contribution in [1.82, 2.24) is 9.29 Å². The van der Waals surface area contributed by atoms with Crippen molar-refractivity contribution in [3.05, 3.63) is 65.3 Å². The van der Waals surface area contributed by atoms with Crippen LogP contribution in [0.25, 0.3) is 10.9 Å². The summed E-state index contributed by atoms with van der Waals surface area (Å²) in [4.78, 5) is 17.2. The lowest BCUT2D eigenvalue weighted by molar-refractivity contribution is 0.102. The normalized spacial score (nSPS) is 15.0. The largest absolute Gasteiger partial charge is 0.321 e. The summed E-state index contributed by atoms with van der Waals surface area (Å²) in [6.07, 6.45) is 3.36. The van der Waals surface area contributed by atoms with Crippen LogP contribution in [0.15, 0.2) is 59.6 Å². The monoisotopic (exact) mass is 415 g/mol. The number of hydrogen-bond donors (Lipinski definition) is 1. The first kappa shape index (κ1) is 18.9. The average molecular weight is 416 g/mol. The summed E-state index contributed by atoms with van der Waals surface area (Å²) in [6, 6.07) is 13.3. The van der Waals surface area contributed by atoms with Crippen molar-refractivity contribution in [2.45, 2.75) is 17.7 Å². The average Bonchev–Trinajstić information content (AvgIpc) is 3.24. The second-order valence-corrected chi connectivity index (χ2v) is 8.93. The third-order valence-electron chi connectivity index (χ3n) is 4.78. The van der Waals surface area contributed by atoms with Gasteiger partial charge in [-0.3, -0.25) is 9.78 Å². The molecule has 0 aliphatic carbocycles. The van der Waals surface area contributed by atoms with Gasteiger partial charge in [0.1, 0.15) is 0 Å². The topological polar surface area (TPSA) is 79.4 Å². The maximum absolute atomic E-state index is 12.9. The molecule has 1 aromatic heterocycles. The summed E-state index contributed by atoms with van der Waals surface area (Å²) in [7, 11) is -3.63. The maximum Gasteiger partial charge on any atom is 0.257 e. The van der Waals surface area contributed by atoms with E-state index in [4.69, 9.17) is 11.6 Å². The number of halogens is 1. The molecule has 1 fully saturated rings. The first-order valence-corrected chi connectivity index (χ1v) is 10.7. The second-order valence-electron chi connectivity index (χ2n) is 6.58. The van der Waals surface area contributed by atoms with Gasteiger partial charge in [0.15, 0.2) is 0 Å². The van der Waals surface area contributed by atoms with Gasteiger partial charge in [-0.05, 0) is 55.3 Å². The molecule has 2 heterocycles. The van der Waals surface area contributed by atoms with E-state index in [1.807, 2.05) is 12.1 Å². The lowest BCUT2D eigenvalue weighted by Gasteiger charge is -2.16. The maximum atomic E-state index is 12.9. The van der Waals surface area contributed by atoms with Crippen molar-refractivity contribution >= 4 is 44.1 Å². The van der Waals surface area contributed by atoms with E-state index in [0.717, 1.165) is 23.7 Å². The van der Waals surface area contributed by atoms with Crippen LogP contribution in [-0.4, -0.2) is 36.7 Å². The first-order chi connectivity index (χ1) is 13.5. The Hall–Kier alpha value is -2.48. The first-order valence-electron chi connectivity index (χ1n) is 8.91. The van der Waals surface area contributed by atoms with Crippen LogP contribution < -0.4 is 5.32 Å². The van der Waals surface area contributed by atoms with Gasteiger partial charge in [0.2, 0.25) is 10.0 Å². The summed E-state index contributed by atoms with van der Waals surface area (Å²) in [5.74, 6) is -0.472. The molecule has 0 radical (unpaired) electrons. The highest BCUT2D eigenvalue weighted by molar-refractivity contribution is 7.89. The van der Waals surface area contributed by atoms with Crippen LogP contribution >= 0.6 is 11.6 Å². The molecule has 0 atom stereocenters. The molecule has 6 nitrogen and oxygen atoms in total. The van der Waals surface area contributed by atoms with Crippen LogP contribution in [0.1, 0.15) is 23.2 Å². The third kappa shape index (κ3) is 3.48. The van der Waals surface area contributed by atoms with E-state index in [1.54, 1.807) is 24.4 Å². The van der Waals surface area contributed by atoms with Crippen molar-refractivity contribution < 1.29 is 13.2 Å². The van der Waals surface area contributed by atoms with E-state index in [0.29, 0.717) is 18.8 Å². The number of aromatic nitrogens is 1. The fraction of sp³-hybridized carbons (Fsp3) is 0.200. The number of fused-ring (bicyclic) bond motifs is 1. The highest BCUT2D eigenvalue weighted by Crippen LogP contribution is 2.27. The molecule has 0 bridgehead atoms. The zero-order valence-corrected chi connectivity index (χ0v) is 16.5. The van der Waals surface area contributed by atoms with Crippen LogP contribution in [0.3, 0.4) is 0 Å². The molecule has 1 saturated heterocycles. The van der Waals surface area contributed by atoms with Crippen molar-refractivity contribution in [3.63, 3.8) is 0 Å². The van der Waals surface area contributed by atoms with E-state index >= 15 is 0 Å². The number of nitrogens with one attached hydrogen (secondary N) is 1. The molecule has 28 heavy (non-hydrogen) atoms. The number of benzene rings is 2. The van der Waals surface area contributed by atoms with Crippen molar-refractivity contribution in [3.8, 4) is 0 Å². The van der Waals surface area contributed by atoms with Crippen LogP contribution in [0.5, 0.6) is 0 Å². The van der Waals surface area contributed by atoms with Gasteiger partial charge in [-0.2, -0.15) is 4.31 Å². The van der Waals surface area contributed by atoms with E-state index in [-0.39, 0.29) is 15.5 Å². The number of sulfonamides is 1. The molecule has 144 valence electrons. The minimum atomic E-state index is -3.63. The van der Waals surface area contributed by atoms with Crippen molar-refractivity contribution in [2.24, 2.45) is 0 Å². The lowest BCUT2D eigenvalue weighted by atomic mass is 10.1. The van der Waals surface area contributed by atoms with Crippen LogP contribution in [0.2, 0.25) is 5.02 Å². The molecule has 2 aromatic carbocycles. The van der Waals surface area contributed by atoms with Crippen molar-refractivity contribution in [1.29, 1.82) is 0 Å². The Morgan fingerprint density at radius 3 is 2.64 bits per heavy atom. The molecular formula is C20H18ClN3O3S. The molecule has 8 heteroatoms. The van der Waals surface area contributed by atoms with Gasteiger partial charge in [-0.1, -0.05) is 17.7 Å². The Morgan fingerprint density at radius 2 is 1.86 bits per heavy atom. The fourth-order valence-corrected chi connectivity index (χ4v) is 5.07. The van der Waals surface area contributed by atoms with E-state index < -0.39 is 15.9 Å². The number of carbonyl (C=O) groups excluding carboxylic acids is 1. The van der Waals surface area contributed by atoms with Gasteiger partial charge in [-0.15, -0.1) is 0 Å². The van der Waals surface area contributed by atoms with Gasteiger partial charge >= 0.3 is 0 Å². The minimum absolute atomic E-state index is 0.0727. The van der Waals surface area contributed by atoms with Gasteiger partial charge in [0, 0.05) is 24.7 Å². The molecule has 0 spiro atoms. The molecule has 1 N–H and O–H groups in total. The van der Waals surface area contributed by atoms with E-state index in [9.17, 15) is 13.2 Å². The van der Waals surface area contributed by atoms with Gasteiger partial charge < -0.3 is 5.32 Å². The molecule has 1 aliphatic rings. The molecule has 3 aromatic rings. The Morgan fingerprint density at radius 1 is 1.07 bits per heavy atom. The summed E-state index contributed by atoms with van der Waals surface area (Å²) >= 11 is 6.20. The molecular weight excluding hydrogens is 398 g/mol. The number of pyridine rings is 1. The van der Waals surface area contributed by atoms with Gasteiger partial charge in [-0.25, -0.2) is 8.42 Å². The van der Waals surface area contributed by atoms with Crippen LogP contribution in [-0.2, 0) is 10.0 Å². The number of nitrogens with zero attached hydrogens (tertiary/aromatic N) is 2. The zero-order valence-electron chi connectivity index (χ0n) is 14.9. The Bertz CT molecular complexity index is 1150. The Balaban J connectivity index is 1.68. The quantitative estimate of drug-likeness (QED) is 0.700. The summed E-state index contributed by atoms with van der Waals surface area (Å²) in [5.41, 5.74) is 1.44. The predicted molar refractivity (Wildman–Crippen MR) is 109 cm³/mol. The predicted octanol–water partition coefficient (Wildman–Crippen LogP) is 3.93. The molecule has 1 amide bonds. The lowest BCUT2D eigenvalue weighted by Crippen LogP contribution is -2.28. The molecule has 1 aliphatic heterocycles. The van der Waals surface area contributed by atoms with Crippen LogP contribution in [0.4, 0.5) is 5.69 Å². The summed E-state index contributed by atoms with van der Waals surface area (Å²) < 4.78 is 27.0. The fourth-order valence-electron chi connectivity index (χ4n) is 3.32. The van der Waals surface area contributed by atoms with Crippen LogP contribution in [0, 0.1) is 0 Å². The molecule has 0 saturated carbocycles. The molecule has 4 rings (SSSR count). The highest BCUT2D eigenvalue weighted by atomic mass is 35.5. The number of hydrogen-bond acceptors (Lipinski definition) is 4. The summed E-state index contributed by atoms with van der Waals surface area (Å²) in [5, 5.41) is 3.80. The third-order valence-corrected chi connectivity index (χ3v) is 7.00. The smallest absolute Gasteiger partial charge is 0.257 e. The van der Waals surface area contributed by atoms with Gasteiger partial charge in [0.05, 0.1) is 26.7 Å². The van der Waals surface area contributed by atoms with E-state index in [1.165, 1.54) is 22.5 Å². The summed E-state index contributed by atoms with van der Waals surface area (Å²) in [6.45, 7) is 0.991. The number of rotatable bonds is 4. The molecule has 0 unspecified atom stereocenters. The van der Waals surface area contributed by atoms with Crippen molar-refractivity contribution in [2.75, 3.05) is 18.4 Å². The zero-order chi connectivity index (χ0) is 19.7. The Labute approximate surface area is 168 Å². The number of carbonyl (C=O) groups is 1. The number of anilines is 1. The second kappa shape index (κ2) is 7.50. The van der Waals surface area contributed by atoms with E-state index in [2.05, 4.69) is 10.3 Å². The number of amides is 1. The minimum Gasteiger partial charge on any atom is -0.321 e. The van der Waals surface area contributed by atoms with Gasteiger partial charge in [0.25, 0.3) is 5.91 Å². The highest BCUT2D eigenvalue weighted by Gasteiger charge is 2.28. The SMILES string of the molecule is O=C(Nc1cccc2ncccc12)c1cc(S(=O)(=O)N2CCCC2)ccc1Cl.